The van der Waals surface area contributed by atoms with Gasteiger partial charge in [0.2, 0.25) is 0 Å². The molecule has 2 N–H and O–H groups in total. The number of aromatic amines is 1. The predicted molar refractivity (Wildman–Crippen MR) is 134 cm³/mol. The number of carbonyl (C=O) groups is 1. The largest absolute Gasteiger partial charge is 0.350 e. The first-order valence-corrected chi connectivity index (χ1v) is 12.6. The molecule has 1 unspecified atom stereocenters. The number of halogens is 1. The Morgan fingerprint density at radius 3 is 2.53 bits per heavy atom. The van der Waals surface area contributed by atoms with E-state index < -0.39 is 7.37 Å². The molecule has 2 aromatic carbocycles. The number of carbonyl (C=O) groups excluding carboxylic acids is 1. The topological polar surface area (TPSA) is 97.0 Å². The second kappa shape index (κ2) is 9.13. The molecule has 2 aromatic heterocycles. The molecule has 0 spiro atoms. The summed E-state index contributed by atoms with van der Waals surface area (Å²) in [5.74, 6) is -0.371. The van der Waals surface area contributed by atoms with Crippen LogP contribution in [0.15, 0.2) is 54.9 Å². The maximum atomic E-state index is 14.4. The third-order valence-electron chi connectivity index (χ3n) is 5.16. The van der Waals surface area contributed by atoms with Crippen molar-refractivity contribution < 1.29 is 13.9 Å². The third kappa shape index (κ3) is 4.35. The standard InChI is InChI=1S/C23H22IN4O3P/c1-14-8-15(2)10-18(9-14)32(30,31-3)22-19-11-17(24)4-5-20(19)28-21(22)23(29)25-12-16-6-7-26-27-13-16/h4-11,13,28H,12H2,1-3H3,(H,25,29). The van der Waals surface area contributed by atoms with E-state index in [-0.39, 0.29) is 18.1 Å². The smallest absolute Gasteiger partial charge is 0.268 e. The highest BCUT2D eigenvalue weighted by atomic mass is 127. The number of hydrogen-bond acceptors (Lipinski definition) is 5. The predicted octanol–water partition coefficient (Wildman–Crippen LogP) is 3.98. The van der Waals surface area contributed by atoms with E-state index in [4.69, 9.17) is 4.52 Å². The molecule has 0 aliphatic carbocycles. The van der Waals surface area contributed by atoms with E-state index in [0.717, 1.165) is 25.8 Å². The maximum Gasteiger partial charge on any atom is 0.268 e. The van der Waals surface area contributed by atoms with E-state index in [1.54, 1.807) is 18.5 Å². The minimum Gasteiger partial charge on any atom is -0.350 e. The summed E-state index contributed by atoms with van der Waals surface area (Å²) in [4.78, 5) is 16.4. The van der Waals surface area contributed by atoms with Crippen LogP contribution in [0.1, 0.15) is 27.2 Å². The second-order valence-corrected chi connectivity index (χ2v) is 11.2. The van der Waals surface area contributed by atoms with E-state index in [1.165, 1.54) is 7.11 Å². The van der Waals surface area contributed by atoms with Crippen LogP contribution in [0.5, 0.6) is 0 Å². The Labute approximate surface area is 199 Å². The lowest BCUT2D eigenvalue weighted by Gasteiger charge is -2.19. The highest BCUT2D eigenvalue weighted by Crippen LogP contribution is 2.47. The van der Waals surface area contributed by atoms with Gasteiger partial charge in [0.05, 0.1) is 11.5 Å². The van der Waals surface area contributed by atoms with Crippen LogP contribution in [0.2, 0.25) is 0 Å². The Morgan fingerprint density at radius 2 is 1.88 bits per heavy atom. The quantitative estimate of drug-likeness (QED) is 0.275. The fourth-order valence-corrected chi connectivity index (χ4v) is 6.60. The Kier molecular flexibility index (Phi) is 6.46. The summed E-state index contributed by atoms with van der Waals surface area (Å²) in [6.45, 7) is 4.16. The van der Waals surface area contributed by atoms with Crippen LogP contribution in [-0.2, 0) is 15.6 Å². The first kappa shape index (κ1) is 22.6. The van der Waals surface area contributed by atoms with Gasteiger partial charge in [0.1, 0.15) is 5.69 Å². The summed E-state index contributed by atoms with van der Waals surface area (Å²) in [6, 6.07) is 13.2. The zero-order valence-corrected chi connectivity index (χ0v) is 20.9. The first-order chi connectivity index (χ1) is 15.3. The monoisotopic (exact) mass is 560 g/mol. The van der Waals surface area contributed by atoms with E-state index in [0.29, 0.717) is 16.0 Å². The molecule has 0 bridgehead atoms. The number of aromatic nitrogens is 3. The summed E-state index contributed by atoms with van der Waals surface area (Å²) < 4.78 is 21.1. The van der Waals surface area contributed by atoms with Crippen LogP contribution in [-0.4, -0.2) is 28.2 Å². The zero-order chi connectivity index (χ0) is 22.9. The normalized spacial score (nSPS) is 13.1. The van der Waals surface area contributed by atoms with Crippen molar-refractivity contribution >= 4 is 57.4 Å². The molecule has 0 saturated carbocycles. The number of nitrogens with one attached hydrogen (secondary N) is 2. The molecule has 4 aromatic rings. The van der Waals surface area contributed by atoms with E-state index in [1.807, 2.05) is 50.2 Å². The number of nitrogens with zero attached hydrogens (tertiary/aromatic N) is 2. The van der Waals surface area contributed by atoms with Gasteiger partial charge in [-0.25, -0.2) is 0 Å². The van der Waals surface area contributed by atoms with Gasteiger partial charge < -0.3 is 14.8 Å². The third-order valence-corrected chi connectivity index (χ3v) is 8.33. The minimum atomic E-state index is -3.58. The fraction of sp³-hybridized carbons (Fsp3) is 0.174. The molecule has 4 rings (SSSR count). The van der Waals surface area contributed by atoms with Gasteiger partial charge in [0.25, 0.3) is 13.3 Å². The molecule has 1 atom stereocenters. The molecule has 2 heterocycles. The van der Waals surface area contributed by atoms with Gasteiger partial charge in [0.15, 0.2) is 0 Å². The number of rotatable bonds is 6. The molecule has 32 heavy (non-hydrogen) atoms. The lowest BCUT2D eigenvalue weighted by Crippen LogP contribution is -2.30. The van der Waals surface area contributed by atoms with E-state index in [2.05, 4.69) is 43.1 Å². The van der Waals surface area contributed by atoms with Crippen molar-refractivity contribution in [2.75, 3.05) is 7.11 Å². The van der Waals surface area contributed by atoms with Gasteiger partial charge in [-0.05, 0) is 78.4 Å². The van der Waals surface area contributed by atoms with Crippen LogP contribution >= 0.6 is 30.0 Å². The molecular formula is C23H22IN4O3P. The van der Waals surface area contributed by atoms with Crippen LogP contribution < -0.4 is 15.9 Å². The van der Waals surface area contributed by atoms with Crippen LogP contribution in [0.25, 0.3) is 10.9 Å². The average molecular weight is 560 g/mol. The molecule has 9 heteroatoms. The summed E-state index contributed by atoms with van der Waals surface area (Å²) in [5, 5.41) is 12.1. The van der Waals surface area contributed by atoms with Crippen molar-refractivity contribution in [3.8, 4) is 0 Å². The molecular weight excluding hydrogens is 538 g/mol. The molecule has 1 amide bonds. The lowest BCUT2D eigenvalue weighted by molar-refractivity contribution is 0.0947. The van der Waals surface area contributed by atoms with Gasteiger partial charge in [-0.15, -0.1) is 0 Å². The zero-order valence-electron chi connectivity index (χ0n) is 17.8. The molecule has 0 fully saturated rings. The van der Waals surface area contributed by atoms with Crippen molar-refractivity contribution in [1.29, 1.82) is 0 Å². The molecule has 7 nitrogen and oxygen atoms in total. The van der Waals surface area contributed by atoms with Crippen molar-refractivity contribution in [1.82, 2.24) is 20.5 Å². The van der Waals surface area contributed by atoms with Crippen molar-refractivity contribution in [3.63, 3.8) is 0 Å². The fourth-order valence-electron chi connectivity index (χ4n) is 3.76. The Morgan fingerprint density at radius 1 is 1.12 bits per heavy atom. The van der Waals surface area contributed by atoms with Crippen LogP contribution in [0.3, 0.4) is 0 Å². The van der Waals surface area contributed by atoms with Gasteiger partial charge in [-0.1, -0.05) is 17.2 Å². The van der Waals surface area contributed by atoms with Crippen molar-refractivity contribution in [2.24, 2.45) is 0 Å². The molecule has 0 radical (unpaired) electrons. The van der Waals surface area contributed by atoms with E-state index >= 15 is 0 Å². The number of hydrogen-bond donors (Lipinski definition) is 2. The summed E-state index contributed by atoms with van der Waals surface area (Å²) in [7, 11) is -2.16. The number of amides is 1. The minimum absolute atomic E-state index is 0.230. The Balaban J connectivity index is 1.87. The first-order valence-electron chi connectivity index (χ1n) is 9.92. The Hall–Kier alpha value is -2.55. The summed E-state index contributed by atoms with van der Waals surface area (Å²) >= 11 is 2.20. The van der Waals surface area contributed by atoms with Gasteiger partial charge in [0, 0.05) is 39.6 Å². The van der Waals surface area contributed by atoms with Crippen molar-refractivity contribution in [2.45, 2.75) is 20.4 Å². The summed E-state index contributed by atoms with van der Waals surface area (Å²) in [6.07, 6.45) is 3.15. The van der Waals surface area contributed by atoms with Gasteiger partial charge in [-0.3, -0.25) is 9.36 Å². The number of fused-ring (bicyclic) bond motifs is 1. The van der Waals surface area contributed by atoms with Crippen molar-refractivity contribution in [3.05, 3.63) is 80.8 Å². The highest BCUT2D eigenvalue weighted by molar-refractivity contribution is 14.1. The second-order valence-electron chi connectivity index (χ2n) is 7.55. The lowest BCUT2D eigenvalue weighted by atomic mass is 10.2. The molecule has 164 valence electrons. The molecule has 0 aliphatic heterocycles. The maximum absolute atomic E-state index is 14.4. The molecule has 0 aliphatic rings. The van der Waals surface area contributed by atoms with E-state index in [9.17, 15) is 9.36 Å². The average Bonchev–Trinajstić information content (AvgIpc) is 3.16. The highest BCUT2D eigenvalue weighted by Gasteiger charge is 2.36. The van der Waals surface area contributed by atoms with Crippen LogP contribution in [0, 0.1) is 17.4 Å². The molecule has 0 saturated heterocycles. The van der Waals surface area contributed by atoms with Crippen LogP contribution in [0.4, 0.5) is 0 Å². The number of H-pyrrole nitrogens is 1. The number of aryl methyl sites for hydroxylation is 2. The SMILES string of the molecule is COP(=O)(c1cc(C)cc(C)c1)c1c(C(=O)NCc2ccnnc2)[nH]c2ccc(I)cc12. The number of benzene rings is 2. The van der Waals surface area contributed by atoms with Gasteiger partial charge in [-0.2, -0.15) is 10.2 Å². The van der Waals surface area contributed by atoms with Gasteiger partial charge >= 0.3 is 0 Å². The summed E-state index contributed by atoms with van der Waals surface area (Å²) in [5.41, 5.74) is 3.71. The Bertz CT molecular complexity index is 1330.